The van der Waals surface area contributed by atoms with Crippen LogP contribution in [0.15, 0.2) is 42.7 Å². The Balaban J connectivity index is 1.72. The molecule has 1 aromatic heterocycles. The zero-order valence-electron chi connectivity index (χ0n) is 12.4. The van der Waals surface area contributed by atoms with E-state index in [0.29, 0.717) is 4.83 Å². The molecule has 1 unspecified atom stereocenters. The van der Waals surface area contributed by atoms with Crippen molar-refractivity contribution in [2.75, 3.05) is 0 Å². The Bertz CT molecular complexity index is 541. The summed E-state index contributed by atoms with van der Waals surface area (Å²) in [7, 11) is 0. The molecule has 0 amide bonds. The number of hydrogen-bond acceptors (Lipinski definition) is 1. The number of benzene rings is 1. The molecule has 1 aliphatic carbocycles. The van der Waals surface area contributed by atoms with Gasteiger partial charge in [-0.3, -0.25) is 0 Å². The lowest BCUT2D eigenvalue weighted by Gasteiger charge is -2.23. The number of hydrogen-bond donors (Lipinski definition) is 0. The van der Waals surface area contributed by atoms with Crippen LogP contribution in [0.4, 0.5) is 0 Å². The van der Waals surface area contributed by atoms with Crippen molar-refractivity contribution < 1.29 is 0 Å². The zero-order chi connectivity index (χ0) is 14.5. The summed E-state index contributed by atoms with van der Waals surface area (Å²) in [5, 5.41) is 4.53. The molecule has 21 heavy (non-hydrogen) atoms. The van der Waals surface area contributed by atoms with Crippen molar-refractivity contribution in [3.8, 4) is 5.69 Å². The standard InChI is InChI=1S/C18H23BrN2/c19-18(15-9-5-2-1-3-6-10-15)16-13-20-21(14-16)17-11-7-4-8-12-17/h4,7-8,11-15,18H,1-3,5-6,9-10H2. The SMILES string of the molecule is BrC(c1cnn(-c2ccccc2)c1)C1CCCCCCC1. The lowest BCUT2D eigenvalue weighted by Crippen LogP contribution is -2.09. The highest BCUT2D eigenvalue weighted by molar-refractivity contribution is 9.09. The molecular weight excluding hydrogens is 324 g/mol. The van der Waals surface area contributed by atoms with Crippen LogP contribution < -0.4 is 0 Å². The van der Waals surface area contributed by atoms with Crippen LogP contribution in [-0.4, -0.2) is 9.78 Å². The topological polar surface area (TPSA) is 17.8 Å². The van der Waals surface area contributed by atoms with Crippen LogP contribution in [0.5, 0.6) is 0 Å². The predicted octanol–water partition coefficient (Wildman–Crippen LogP) is 5.67. The summed E-state index contributed by atoms with van der Waals surface area (Å²) in [6, 6.07) is 10.3. The molecule has 0 aliphatic heterocycles. The van der Waals surface area contributed by atoms with Gasteiger partial charge in [0.05, 0.1) is 11.9 Å². The summed E-state index contributed by atoms with van der Waals surface area (Å²) in [5.41, 5.74) is 2.44. The number of para-hydroxylation sites is 1. The van der Waals surface area contributed by atoms with Crippen molar-refractivity contribution in [2.24, 2.45) is 5.92 Å². The Morgan fingerprint density at radius 2 is 1.67 bits per heavy atom. The van der Waals surface area contributed by atoms with E-state index in [9.17, 15) is 0 Å². The maximum atomic E-state index is 4.53. The first-order valence-corrected chi connectivity index (χ1v) is 9.00. The van der Waals surface area contributed by atoms with Gasteiger partial charge in [0.15, 0.2) is 0 Å². The minimum absolute atomic E-state index is 0.438. The third-order valence-electron chi connectivity index (χ3n) is 4.51. The second-order valence-corrected chi connectivity index (χ2v) is 7.05. The molecule has 0 saturated heterocycles. The number of rotatable bonds is 3. The van der Waals surface area contributed by atoms with E-state index < -0.39 is 0 Å². The third-order valence-corrected chi connectivity index (χ3v) is 5.78. The minimum Gasteiger partial charge on any atom is -0.241 e. The van der Waals surface area contributed by atoms with Crippen LogP contribution >= 0.6 is 15.9 Å². The summed E-state index contributed by atoms with van der Waals surface area (Å²) in [6.45, 7) is 0. The van der Waals surface area contributed by atoms with Gasteiger partial charge in [-0.15, -0.1) is 0 Å². The van der Waals surface area contributed by atoms with Crippen LogP contribution in [0.3, 0.4) is 0 Å². The van der Waals surface area contributed by atoms with Gasteiger partial charge in [0.25, 0.3) is 0 Å². The van der Waals surface area contributed by atoms with E-state index in [2.05, 4.69) is 51.5 Å². The molecule has 0 N–H and O–H groups in total. The summed E-state index contributed by atoms with van der Waals surface area (Å²) in [5.74, 6) is 0.749. The van der Waals surface area contributed by atoms with Crippen molar-refractivity contribution in [3.05, 3.63) is 48.3 Å². The van der Waals surface area contributed by atoms with Crippen molar-refractivity contribution in [1.82, 2.24) is 9.78 Å². The largest absolute Gasteiger partial charge is 0.241 e. The van der Waals surface area contributed by atoms with E-state index in [0.717, 1.165) is 11.6 Å². The van der Waals surface area contributed by atoms with Gasteiger partial charge < -0.3 is 0 Å². The van der Waals surface area contributed by atoms with Crippen molar-refractivity contribution in [1.29, 1.82) is 0 Å². The van der Waals surface area contributed by atoms with E-state index in [1.165, 1.54) is 50.5 Å². The molecule has 112 valence electrons. The summed E-state index contributed by atoms with van der Waals surface area (Å²) < 4.78 is 1.98. The average molecular weight is 347 g/mol. The van der Waals surface area contributed by atoms with E-state index >= 15 is 0 Å². The molecule has 1 atom stereocenters. The molecule has 0 radical (unpaired) electrons. The van der Waals surface area contributed by atoms with Gasteiger partial charge in [0.2, 0.25) is 0 Å². The lowest BCUT2D eigenvalue weighted by molar-refractivity contribution is 0.374. The Kier molecular flexibility index (Phi) is 5.13. The van der Waals surface area contributed by atoms with E-state index in [1.54, 1.807) is 0 Å². The fourth-order valence-corrected chi connectivity index (χ4v) is 4.02. The summed E-state index contributed by atoms with van der Waals surface area (Å²) in [4.78, 5) is 0.438. The maximum Gasteiger partial charge on any atom is 0.0645 e. The normalized spacial score (nSPS) is 18.9. The number of aromatic nitrogens is 2. The minimum atomic E-state index is 0.438. The average Bonchev–Trinajstić information content (AvgIpc) is 2.97. The molecule has 3 heteroatoms. The Labute approximate surface area is 135 Å². The highest BCUT2D eigenvalue weighted by Crippen LogP contribution is 2.38. The van der Waals surface area contributed by atoms with Gasteiger partial charge in [-0.2, -0.15) is 5.10 Å². The monoisotopic (exact) mass is 346 g/mol. The molecule has 0 spiro atoms. The van der Waals surface area contributed by atoms with Crippen LogP contribution in [0.2, 0.25) is 0 Å². The van der Waals surface area contributed by atoms with Crippen LogP contribution in [0.1, 0.15) is 55.3 Å². The van der Waals surface area contributed by atoms with Crippen molar-refractivity contribution in [3.63, 3.8) is 0 Å². The molecule has 2 nitrogen and oxygen atoms in total. The molecule has 1 saturated carbocycles. The molecule has 1 fully saturated rings. The molecule has 1 heterocycles. The third kappa shape index (κ3) is 3.76. The molecule has 0 bridgehead atoms. The van der Waals surface area contributed by atoms with Gasteiger partial charge in [-0.1, -0.05) is 66.2 Å². The molecule has 3 rings (SSSR count). The Morgan fingerprint density at radius 1 is 1.00 bits per heavy atom. The van der Waals surface area contributed by atoms with E-state index in [4.69, 9.17) is 0 Å². The number of alkyl halides is 1. The lowest BCUT2D eigenvalue weighted by atomic mass is 9.87. The molecule has 1 aliphatic rings. The summed E-state index contributed by atoms with van der Waals surface area (Å²) in [6.07, 6.45) is 13.8. The predicted molar refractivity (Wildman–Crippen MR) is 91.0 cm³/mol. The van der Waals surface area contributed by atoms with Crippen molar-refractivity contribution >= 4 is 15.9 Å². The fraction of sp³-hybridized carbons (Fsp3) is 0.500. The highest BCUT2D eigenvalue weighted by Gasteiger charge is 2.22. The van der Waals surface area contributed by atoms with Gasteiger partial charge in [0, 0.05) is 16.6 Å². The molecule has 2 aromatic rings. The molecule has 1 aromatic carbocycles. The van der Waals surface area contributed by atoms with E-state index in [-0.39, 0.29) is 0 Å². The van der Waals surface area contributed by atoms with Gasteiger partial charge >= 0.3 is 0 Å². The van der Waals surface area contributed by atoms with Crippen LogP contribution in [0.25, 0.3) is 5.69 Å². The number of nitrogens with zero attached hydrogens (tertiary/aromatic N) is 2. The second kappa shape index (κ2) is 7.26. The zero-order valence-corrected chi connectivity index (χ0v) is 14.0. The van der Waals surface area contributed by atoms with Crippen LogP contribution in [-0.2, 0) is 0 Å². The first kappa shape index (κ1) is 14.8. The fourth-order valence-electron chi connectivity index (χ4n) is 3.25. The first-order chi connectivity index (χ1) is 10.3. The Hall–Kier alpha value is -1.09. The number of halogens is 1. The van der Waals surface area contributed by atoms with Crippen LogP contribution in [0, 0.1) is 5.92 Å². The second-order valence-electron chi connectivity index (χ2n) is 6.06. The molecular formula is C18H23BrN2. The Morgan fingerprint density at radius 3 is 2.38 bits per heavy atom. The summed E-state index contributed by atoms with van der Waals surface area (Å²) >= 11 is 3.94. The van der Waals surface area contributed by atoms with Gasteiger partial charge in [-0.25, -0.2) is 4.68 Å². The van der Waals surface area contributed by atoms with Gasteiger partial charge in [0.1, 0.15) is 0 Å². The van der Waals surface area contributed by atoms with E-state index in [1.807, 2.05) is 16.9 Å². The maximum absolute atomic E-state index is 4.53. The smallest absolute Gasteiger partial charge is 0.0645 e. The van der Waals surface area contributed by atoms with Gasteiger partial charge in [-0.05, 0) is 30.9 Å². The quantitative estimate of drug-likeness (QED) is 0.654. The van der Waals surface area contributed by atoms with Crippen molar-refractivity contribution in [2.45, 2.75) is 49.8 Å². The first-order valence-electron chi connectivity index (χ1n) is 8.08. The highest BCUT2D eigenvalue weighted by atomic mass is 79.9.